The number of piperidine rings is 1. The molecule has 1 aliphatic heterocycles. The molecule has 1 aromatic rings. The third-order valence-electron chi connectivity index (χ3n) is 4.05. The van der Waals surface area contributed by atoms with Crippen molar-refractivity contribution in [2.75, 3.05) is 25.0 Å². The normalized spacial score (nSPS) is 22.5. The van der Waals surface area contributed by atoms with Crippen molar-refractivity contribution < 1.29 is 9.21 Å². The van der Waals surface area contributed by atoms with Gasteiger partial charge in [-0.15, -0.1) is 5.10 Å². The molecule has 0 bridgehead atoms. The third-order valence-corrected chi connectivity index (χ3v) is 4.05. The first kappa shape index (κ1) is 14.5. The van der Waals surface area contributed by atoms with E-state index in [2.05, 4.69) is 25.7 Å². The van der Waals surface area contributed by atoms with E-state index in [1.807, 2.05) is 0 Å². The van der Waals surface area contributed by atoms with Crippen molar-refractivity contribution in [2.45, 2.75) is 51.1 Å². The van der Waals surface area contributed by atoms with Gasteiger partial charge in [0, 0.05) is 25.6 Å². The minimum absolute atomic E-state index is 0.0821. The highest BCUT2D eigenvalue weighted by Gasteiger charge is 2.32. The van der Waals surface area contributed by atoms with E-state index in [1.54, 1.807) is 6.92 Å². The first-order chi connectivity index (χ1) is 10.2. The first-order valence-corrected chi connectivity index (χ1v) is 7.78. The second-order valence-corrected chi connectivity index (χ2v) is 5.98. The Balaban J connectivity index is 1.50. The quantitative estimate of drug-likeness (QED) is 0.811. The van der Waals surface area contributed by atoms with Gasteiger partial charge in [-0.3, -0.25) is 15.0 Å². The highest BCUT2D eigenvalue weighted by Crippen LogP contribution is 2.27. The van der Waals surface area contributed by atoms with Crippen molar-refractivity contribution in [3.8, 4) is 0 Å². The molecule has 21 heavy (non-hydrogen) atoms. The van der Waals surface area contributed by atoms with Gasteiger partial charge < -0.3 is 9.73 Å². The summed E-state index contributed by atoms with van der Waals surface area (Å²) in [5.41, 5.74) is 0. The van der Waals surface area contributed by atoms with E-state index in [0.29, 0.717) is 24.5 Å². The zero-order chi connectivity index (χ0) is 14.7. The molecular weight excluding hydrogens is 270 g/mol. The summed E-state index contributed by atoms with van der Waals surface area (Å²) in [6.45, 7) is 4.13. The number of aryl methyl sites for hydroxylation is 1. The molecule has 116 valence electrons. The Morgan fingerprint density at radius 3 is 2.86 bits per heavy atom. The van der Waals surface area contributed by atoms with Crippen LogP contribution < -0.4 is 10.6 Å². The molecule has 0 radical (unpaired) electrons. The topological polar surface area (TPSA) is 83.3 Å². The molecule has 2 aliphatic rings. The van der Waals surface area contributed by atoms with Gasteiger partial charge >= 0.3 is 6.01 Å². The number of nitrogens with zero attached hydrogens (tertiary/aromatic N) is 3. The minimum Gasteiger partial charge on any atom is -0.408 e. The molecule has 2 N–H and O–H groups in total. The number of carbonyl (C=O) groups is 1. The van der Waals surface area contributed by atoms with Crippen LogP contribution >= 0.6 is 0 Å². The van der Waals surface area contributed by atoms with Gasteiger partial charge in [0.1, 0.15) is 0 Å². The summed E-state index contributed by atoms with van der Waals surface area (Å²) in [6, 6.07) is 1.26. The minimum atomic E-state index is -0.0821. The van der Waals surface area contributed by atoms with E-state index in [0.717, 1.165) is 13.1 Å². The van der Waals surface area contributed by atoms with Crippen molar-refractivity contribution in [1.82, 2.24) is 20.4 Å². The fourth-order valence-corrected chi connectivity index (χ4v) is 2.84. The van der Waals surface area contributed by atoms with Crippen LogP contribution in [0.15, 0.2) is 4.42 Å². The van der Waals surface area contributed by atoms with Crippen molar-refractivity contribution in [2.24, 2.45) is 0 Å². The molecule has 3 rings (SSSR count). The third kappa shape index (κ3) is 4.25. The lowest BCUT2D eigenvalue weighted by molar-refractivity contribution is -0.117. The maximum absolute atomic E-state index is 12.1. The number of hydrogen-bond donors (Lipinski definition) is 2. The molecule has 7 heteroatoms. The summed E-state index contributed by atoms with van der Waals surface area (Å²) in [5, 5.41) is 13.7. The summed E-state index contributed by atoms with van der Waals surface area (Å²) in [6.07, 6.45) is 6.13. The van der Waals surface area contributed by atoms with E-state index < -0.39 is 0 Å². The van der Waals surface area contributed by atoms with Gasteiger partial charge in [0.05, 0.1) is 6.54 Å². The van der Waals surface area contributed by atoms with Gasteiger partial charge in [0.25, 0.3) is 0 Å². The summed E-state index contributed by atoms with van der Waals surface area (Å²) < 4.78 is 5.18. The predicted molar refractivity (Wildman–Crippen MR) is 77.9 cm³/mol. The first-order valence-electron chi connectivity index (χ1n) is 7.78. The smallest absolute Gasteiger partial charge is 0.322 e. The van der Waals surface area contributed by atoms with Gasteiger partial charge in [-0.05, 0) is 32.2 Å². The summed E-state index contributed by atoms with van der Waals surface area (Å²) in [4.78, 5) is 14.4. The Labute approximate surface area is 124 Å². The molecule has 1 aromatic heterocycles. The molecule has 1 amide bonds. The van der Waals surface area contributed by atoms with Crippen LogP contribution in [0.25, 0.3) is 0 Å². The largest absolute Gasteiger partial charge is 0.408 e. The van der Waals surface area contributed by atoms with Crippen LogP contribution in [-0.2, 0) is 4.79 Å². The Hall–Kier alpha value is -1.47. The Morgan fingerprint density at radius 2 is 2.24 bits per heavy atom. The van der Waals surface area contributed by atoms with E-state index in [-0.39, 0.29) is 11.9 Å². The van der Waals surface area contributed by atoms with Crippen LogP contribution in [0.5, 0.6) is 0 Å². The highest BCUT2D eigenvalue weighted by molar-refractivity contribution is 5.90. The summed E-state index contributed by atoms with van der Waals surface area (Å²) in [5.74, 6) is 0.372. The predicted octanol–water partition coefficient (Wildman–Crippen LogP) is 0.923. The SMILES string of the molecule is Cc1nnc(NC(=O)CN(CC2CCCCN2)C2CC2)o1. The van der Waals surface area contributed by atoms with Gasteiger partial charge in [0.2, 0.25) is 11.8 Å². The number of rotatable bonds is 6. The molecule has 1 aliphatic carbocycles. The summed E-state index contributed by atoms with van der Waals surface area (Å²) in [7, 11) is 0. The fourth-order valence-electron chi connectivity index (χ4n) is 2.84. The van der Waals surface area contributed by atoms with Gasteiger partial charge in [-0.25, -0.2) is 0 Å². The van der Waals surface area contributed by atoms with Crippen LogP contribution in [0.1, 0.15) is 38.0 Å². The van der Waals surface area contributed by atoms with Crippen LogP contribution in [0, 0.1) is 6.92 Å². The second-order valence-electron chi connectivity index (χ2n) is 5.98. The molecule has 7 nitrogen and oxygen atoms in total. The van der Waals surface area contributed by atoms with Crippen LogP contribution in [0.3, 0.4) is 0 Å². The number of amides is 1. The lowest BCUT2D eigenvalue weighted by atomic mass is 10.0. The highest BCUT2D eigenvalue weighted by atomic mass is 16.4. The van der Waals surface area contributed by atoms with E-state index in [9.17, 15) is 4.79 Å². The molecule has 1 saturated heterocycles. The second kappa shape index (κ2) is 6.53. The van der Waals surface area contributed by atoms with Crippen LogP contribution in [-0.4, -0.2) is 52.7 Å². The van der Waals surface area contributed by atoms with Crippen molar-refractivity contribution in [3.63, 3.8) is 0 Å². The summed E-state index contributed by atoms with van der Waals surface area (Å²) >= 11 is 0. The number of hydrogen-bond acceptors (Lipinski definition) is 6. The molecule has 2 heterocycles. The lowest BCUT2D eigenvalue weighted by Gasteiger charge is -2.30. The molecule has 1 atom stereocenters. The number of anilines is 1. The lowest BCUT2D eigenvalue weighted by Crippen LogP contribution is -2.46. The zero-order valence-corrected chi connectivity index (χ0v) is 12.5. The van der Waals surface area contributed by atoms with Crippen molar-refractivity contribution >= 4 is 11.9 Å². The van der Waals surface area contributed by atoms with Crippen LogP contribution in [0.4, 0.5) is 6.01 Å². The molecule has 2 fully saturated rings. The fraction of sp³-hybridized carbons (Fsp3) is 0.786. The monoisotopic (exact) mass is 293 g/mol. The van der Waals surface area contributed by atoms with E-state index >= 15 is 0 Å². The molecule has 1 unspecified atom stereocenters. The number of carbonyl (C=O) groups excluding carboxylic acids is 1. The van der Waals surface area contributed by atoms with Crippen molar-refractivity contribution in [1.29, 1.82) is 0 Å². The average Bonchev–Trinajstić information content (AvgIpc) is 3.23. The number of nitrogens with one attached hydrogen (secondary N) is 2. The van der Waals surface area contributed by atoms with Crippen molar-refractivity contribution in [3.05, 3.63) is 5.89 Å². The molecular formula is C14H23N5O2. The maximum atomic E-state index is 12.1. The molecule has 0 aromatic carbocycles. The standard InChI is InChI=1S/C14H23N5O2/c1-10-17-18-14(21-10)16-13(20)9-19(12-5-6-12)8-11-4-2-3-7-15-11/h11-12,15H,2-9H2,1H3,(H,16,18,20). The Bertz CT molecular complexity index is 479. The Kier molecular flexibility index (Phi) is 4.50. The van der Waals surface area contributed by atoms with Gasteiger partial charge in [-0.2, -0.15) is 0 Å². The zero-order valence-electron chi connectivity index (χ0n) is 12.5. The Morgan fingerprint density at radius 1 is 1.38 bits per heavy atom. The molecule has 0 spiro atoms. The van der Waals surface area contributed by atoms with Crippen LogP contribution in [0.2, 0.25) is 0 Å². The maximum Gasteiger partial charge on any atom is 0.322 e. The van der Waals surface area contributed by atoms with Gasteiger partial charge in [0.15, 0.2) is 0 Å². The van der Waals surface area contributed by atoms with E-state index in [1.165, 1.54) is 32.1 Å². The number of aromatic nitrogens is 2. The average molecular weight is 293 g/mol. The van der Waals surface area contributed by atoms with E-state index in [4.69, 9.17) is 4.42 Å². The molecule has 1 saturated carbocycles. The van der Waals surface area contributed by atoms with Gasteiger partial charge in [-0.1, -0.05) is 11.5 Å².